The molecule has 1 aliphatic rings. The number of benzene rings is 3. The summed E-state index contributed by atoms with van der Waals surface area (Å²) in [5.41, 5.74) is 8.88. The van der Waals surface area contributed by atoms with Crippen LogP contribution in [0.5, 0.6) is 5.75 Å². The highest BCUT2D eigenvalue weighted by atomic mass is 16.5. The number of primary amides is 1. The topological polar surface area (TPSA) is 267 Å². The Bertz CT molecular complexity index is 2490. The van der Waals surface area contributed by atoms with Gasteiger partial charge in [0.2, 0.25) is 17.7 Å². The second-order valence-electron chi connectivity index (χ2n) is 15.7. The van der Waals surface area contributed by atoms with Crippen molar-refractivity contribution in [3.8, 4) is 11.8 Å². The molecular weight excluding hydrogens is 849 g/mol. The molecule has 2 atom stereocenters. The summed E-state index contributed by atoms with van der Waals surface area (Å²) in [6.45, 7) is 3.81. The molecule has 0 radical (unpaired) electrons. The van der Waals surface area contributed by atoms with Crippen LogP contribution in [0.4, 0.5) is 32.3 Å². The summed E-state index contributed by atoms with van der Waals surface area (Å²) in [6, 6.07) is 20.3. The number of hydrogen-bond donors (Lipinski definition) is 6. The minimum Gasteiger partial charge on any atom is -0.495 e. The number of methoxy groups -OCH3 is 1. The van der Waals surface area contributed by atoms with Crippen LogP contribution in [0, 0.1) is 17.2 Å². The maximum atomic E-state index is 13.6. The highest BCUT2D eigenvalue weighted by Gasteiger charge is 2.29. The lowest BCUT2D eigenvalue weighted by Crippen LogP contribution is -2.54. The van der Waals surface area contributed by atoms with E-state index in [2.05, 4.69) is 37.6 Å². The largest absolute Gasteiger partial charge is 0.495 e. The molecule has 0 saturated carbocycles. The van der Waals surface area contributed by atoms with Crippen molar-refractivity contribution in [1.82, 2.24) is 25.8 Å². The molecule has 0 saturated heterocycles. The Kier molecular flexibility index (Phi) is 17.5. The molecule has 3 aromatic carbocycles. The Balaban J connectivity index is 1.15. The van der Waals surface area contributed by atoms with Gasteiger partial charge in [0, 0.05) is 55.5 Å². The zero-order valence-corrected chi connectivity index (χ0v) is 37.2. The van der Waals surface area contributed by atoms with E-state index >= 15 is 0 Å². The average molecular weight is 903 g/mol. The molecule has 0 aliphatic carbocycles. The van der Waals surface area contributed by atoms with Crippen molar-refractivity contribution in [2.45, 2.75) is 71.1 Å². The molecule has 0 bridgehead atoms. The second-order valence-corrected chi connectivity index (χ2v) is 15.7. The molecule has 0 fully saturated rings. The quantitative estimate of drug-likeness (QED) is 0.0443. The summed E-state index contributed by atoms with van der Waals surface area (Å²) >= 11 is 0. The molecule has 5 rings (SSSR count). The molecule has 346 valence electrons. The van der Waals surface area contributed by atoms with Gasteiger partial charge in [0.05, 0.1) is 24.0 Å². The molecule has 0 unspecified atom stereocenters. The molecule has 4 aromatic rings. The zero-order valence-electron chi connectivity index (χ0n) is 37.2. The summed E-state index contributed by atoms with van der Waals surface area (Å²) in [4.78, 5) is 95.3. The minimum atomic E-state index is -1.06. The Morgan fingerprint density at radius 2 is 1.61 bits per heavy atom. The Morgan fingerprint density at radius 1 is 0.879 bits per heavy atom. The number of para-hydroxylation sites is 1. The molecule has 0 spiro atoms. The summed E-state index contributed by atoms with van der Waals surface area (Å²) in [6.07, 6.45) is 3.80. The smallest absolute Gasteiger partial charge is 0.412 e. The summed E-state index contributed by atoms with van der Waals surface area (Å²) in [5, 5.41) is 23.9. The van der Waals surface area contributed by atoms with Crippen LogP contribution in [0.1, 0.15) is 63.6 Å². The minimum absolute atomic E-state index is 0.114. The van der Waals surface area contributed by atoms with Crippen LogP contribution >= 0.6 is 0 Å². The van der Waals surface area contributed by atoms with Crippen LogP contribution < -0.4 is 42.0 Å². The van der Waals surface area contributed by atoms with Crippen molar-refractivity contribution >= 4 is 75.3 Å². The van der Waals surface area contributed by atoms with Gasteiger partial charge in [0.1, 0.15) is 36.2 Å². The number of rotatable bonds is 22. The Labute approximate surface area is 382 Å². The standard InChI is InChI=1S/C47H54N10O9/c1-29(2)43(55-40(58)14-6-5-9-24-57-41(59)21-22-42(57)60)45(62)53-36(13-10-23-50-46(49)63)44(61)52-31-17-15-30(16-18-31)28-66-47(64)54-37-26-33(19-20-39(37)65-4)56(3)38-25-32(27-48)51-35-12-8-7-11-34(35)38/h7-8,11-12,15-22,25-26,29,36,43H,5-6,9-10,13-14,23-24,28H2,1-4H3,(H,52,61)(H,53,62)(H,54,64)(H,55,58)(H3,49,50,63)/t36-,43-/m0/s1. The predicted molar refractivity (Wildman–Crippen MR) is 246 cm³/mol. The number of anilines is 4. The Hall–Kier alpha value is -8.01. The summed E-state index contributed by atoms with van der Waals surface area (Å²) in [5.74, 6) is -2.15. The number of unbranched alkanes of at least 4 members (excludes halogenated alkanes) is 2. The molecule has 1 aliphatic heterocycles. The molecule has 2 heterocycles. The van der Waals surface area contributed by atoms with Crippen molar-refractivity contribution in [1.29, 1.82) is 5.26 Å². The average Bonchev–Trinajstić information content (AvgIpc) is 3.62. The highest BCUT2D eigenvalue weighted by molar-refractivity contribution is 6.12. The van der Waals surface area contributed by atoms with Crippen LogP contribution in [-0.2, 0) is 35.3 Å². The fourth-order valence-electron chi connectivity index (χ4n) is 7.05. The van der Waals surface area contributed by atoms with Crippen LogP contribution in [-0.4, -0.2) is 90.9 Å². The number of imide groups is 1. The van der Waals surface area contributed by atoms with Crippen LogP contribution in [0.2, 0.25) is 0 Å². The number of nitrogens with one attached hydrogen (secondary N) is 5. The van der Waals surface area contributed by atoms with Gasteiger partial charge in [-0.05, 0) is 79.6 Å². The van der Waals surface area contributed by atoms with Crippen molar-refractivity contribution in [2.24, 2.45) is 11.7 Å². The number of nitrogens with two attached hydrogens (primary N) is 1. The van der Waals surface area contributed by atoms with E-state index in [0.29, 0.717) is 59.6 Å². The van der Waals surface area contributed by atoms with E-state index in [4.69, 9.17) is 15.2 Å². The van der Waals surface area contributed by atoms with Gasteiger partial charge >= 0.3 is 12.1 Å². The third-order valence-corrected chi connectivity index (χ3v) is 10.6. The molecular formula is C47H54N10O9. The SMILES string of the molecule is COc1ccc(N(C)c2cc(C#N)nc3ccccc23)cc1NC(=O)OCc1ccc(NC(=O)[C@H](CCCNC(N)=O)NC(=O)[C@@H](NC(=O)CCCCCN2C(=O)C=CC2=O)C(C)C)cc1. The number of hydrogen-bond acceptors (Lipinski definition) is 12. The molecule has 19 heteroatoms. The first-order chi connectivity index (χ1) is 31.7. The summed E-state index contributed by atoms with van der Waals surface area (Å²) < 4.78 is 11.0. The monoisotopic (exact) mass is 902 g/mol. The van der Waals surface area contributed by atoms with Crippen LogP contribution in [0.15, 0.2) is 84.9 Å². The van der Waals surface area contributed by atoms with E-state index in [0.717, 1.165) is 16.0 Å². The number of aromatic nitrogens is 1. The van der Waals surface area contributed by atoms with E-state index in [1.807, 2.05) is 42.3 Å². The van der Waals surface area contributed by atoms with E-state index in [1.165, 1.54) is 19.3 Å². The van der Waals surface area contributed by atoms with Crippen molar-refractivity contribution < 1.29 is 43.0 Å². The van der Waals surface area contributed by atoms with Gasteiger partial charge in [-0.25, -0.2) is 14.6 Å². The maximum Gasteiger partial charge on any atom is 0.412 e. The number of carbonyl (C=O) groups excluding carboxylic acids is 7. The van der Waals surface area contributed by atoms with Gasteiger partial charge in [-0.15, -0.1) is 0 Å². The third-order valence-electron chi connectivity index (χ3n) is 10.6. The molecule has 1 aromatic heterocycles. The normalized spacial score (nSPS) is 12.8. The van der Waals surface area contributed by atoms with E-state index in [-0.39, 0.29) is 61.9 Å². The lowest BCUT2D eigenvalue weighted by atomic mass is 10.0. The van der Waals surface area contributed by atoms with Crippen molar-refractivity contribution in [3.05, 3.63) is 96.2 Å². The number of pyridine rings is 1. The number of fused-ring (bicyclic) bond motifs is 1. The lowest BCUT2D eigenvalue weighted by Gasteiger charge is -2.25. The molecule has 19 nitrogen and oxygen atoms in total. The molecule has 8 amide bonds. The van der Waals surface area contributed by atoms with Crippen molar-refractivity contribution in [3.63, 3.8) is 0 Å². The van der Waals surface area contributed by atoms with Crippen LogP contribution in [0.3, 0.4) is 0 Å². The number of urea groups is 1. The third kappa shape index (κ3) is 13.7. The number of nitrogens with zero attached hydrogens (tertiary/aromatic N) is 4. The lowest BCUT2D eigenvalue weighted by molar-refractivity contribution is -0.137. The van der Waals surface area contributed by atoms with Gasteiger partial charge in [0.25, 0.3) is 11.8 Å². The first-order valence-corrected chi connectivity index (χ1v) is 21.4. The highest BCUT2D eigenvalue weighted by Crippen LogP contribution is 2.35. The zero-order chi connectivity index (χ0) is 47.8. The van der Waals surface area contributed by atoms with E-state index in [1.54, 1.807) is 56.3 Å². The van der Waals surface area contributed by atoms with Crippen molar-refractivity contribution in [2.75, 3.05) is 42.8 Å². The maximum absolute atomic E-state index is 13.6. The first-order valence-electron chi connectivity index (χ1n) is 21.4. The summed E-state index contributed by atoms with van der Waals surface area (Å²) in [7, 11) is 3.31. The number of ether oxygens (including phenoxy) is 2. The van der Waals surface area contributed by atoms with E-state index in [9.17, 15) is 38.8 Å². The van der Waals surface area contributed by atoms with Gasteiger partial charge in [-0.2, -0.15) is 5.26 Å². The molecule has 7 N–H and O–H groups in total. The van der Waals surface area contributed by atoms with Gasteiger partial charge < -0.3 is 41.4 Å². The second kappa shape index (κ2) is 23.6. The van der Waals surface area contributed by atoms with Gasteiger partial charge in [-0.3, -0.25) is 34.2 Å². The number of nitriles is 1. The fourth-order valence-corrected chi connectivity index (χ4v) is 7.05. The number of carbonyl (C=O) groups is 7. The molecule has 66 heavy (non-hydrogen) atoms. The van der Waals surface area contributed by atoms with Crippen LogP contribution in [0.25, 0.3) is 10.9 Å². The van der Waals surface area contributed by atoms with E-state index < -0.39 is 36.0 Å². The number of amides is 8. The van der Waals surface area contributed by atoms with Gasteiger partial charge in [0.15, 0.2) is 0 Å². The Morgan fingerprint density at radius 3 is 2.29 bits per heavy atom. The predicted octanol–water partition coefficient (Wildman–Crippen LogP) is 5.13. The van der Waals surface area contributed by atoms with Gasteiger partial charge in [-0.1, -0.05) is 50.6 Å². The fraction of sp³-hybridized carbons (Fsp3) is 0.340. The first kappa shape index (κ1) is 49.0.